The number of allylic oxidation sites excluding steroid dienone is 3. The maximum Gasteiger partial charge on any atom is 0.337 e. The van der Waals surface area contributed by atoms with E-state index in [-0.39, 0.29) is 17.7 Å². The summed E-state index contributed by atoms with van der Waals surface area (Å²) in [6.07, 6.45) is -0.359. The summed E-state index contributed by atoms with van der Waals surface area (Å²) in [5.74, 6) is -2.61. The lowest BCUT2D eigenvalue weighted by atomic mass is 9.77. The van der Waals surface area contributed by atoms with Gasteiger partial charge >= 0.3 is 5.97 Å². The van der Waals surface area contributed by atoms with Gasteiger partial charge in [-0.25, -0.2) is 17.9 Å². The van der Waals surface area contributed by atoms with Gasteiger partial charge in [-0.15, -0.1) is 0 Å². The van der Waals surface area contributed by atoms with Crippen molar-refractivity contribution in [2.45, 2.75) is 59.6 Å². The third kappa shape index (κ3) is 5.56. The van der Waals surface area contributed by atoms with Gasteiger partial charge in [-0.3, -0.25) is 4.79 Å². The summed E-state index contributed by atoms with van der Waals surface area (Å²) in [4.78, 5) is 26.8. The molecule has 3 rings (SSSR count). The molecule has 8 heteroatoms. The molecule has 2 N–H and O–H groups in total. The minimum atomic E-state index is -3.86. The molecule has 0 fully saturated rings. The van der Waals surface area contributed by atoms with Gasteiger partial charge in [-0.2, -0.15) is 0 Å². The van der Waals surface area contributed by atoms with Gasteiger partial charge in [0.1, 0.15) is 5.75 Å². The topological polar surface area (TPSA) is 102 Å². The molecule has 0 bridgehead atoms. The highest BCUT2D eigenvalue weighted by Crippen LogP contribution is 2.42. The lowest BCUT2D eigenvalue weighted by molar-refractivity contribution is -0.143. The molecule has 0 radical (unpaired) electrons. The van der Waals surface area contributed by atoms with E-state index < -0.39 is 33.4 Å². The molecule has 34 heavy (non-hydrogen) atoms. The van der Waals surface area contributed by atoms with Crippen LogP contribution in [0.25, 0.3) is 10.8 Å². The highest BCUT2D eigenvalue weighted by Gasteiger charge is 2.39. The second-order valence-electron chi connectivity index (χ2n) is 9.11. The maximum atomic E-state index is 13.5. The number of benzene rings is 2. The number of hydrogen-bond donors (Lipinski definition) is 2. The fraction of sp³-hybridized carbons (Fsp3) is 0.385. The van der Waals surface area contributed by atoms with Gasteiger partial charge in [0.15, 0.2) is 5.78 Å². The Morgan fingerprint density at radius 3 is 2.24 bits per heavy atom. The van der Waals surface area contributed by atoms with Crippen molar-refractivity contribution in [3.63, 3.8) is 0 Å². The maximum absolute atomic E-state index is 13.5. The summed E-state index contributed by atoms with van der Waals surface area (Å²) in [6, 6.07) is 13.1. The Hall–Kier alpha value is -2.97. The second kappa shape index (κ2) is 10.1. The molecule has 1 atom stereocenters. The highest BCUT2D eigenvalue weighted by atomic mass is 32.2. The Kier molecular flexibility index (Phi) is 7.63. The normalized spacial score (nSPS) is 16.9. The third-order valence-electron chi connectivity index (χ3n) is 5.49. The van der Waals surface area contributed by atoms with Crippen LogP contribution in [-0.2, 0) is 24.3 Å². The zero-order chi connectivity index (χ0) is 25.2. The number of ether oxygens (including phenoxy) is 1. The molecule has 182 valence electrons. The molecule has 0 aliphatic carbocycles. The summed E-state index contributed by atoms with van der Waals surface area (Å²) in [5.41, 5.74) is 2.37. The van der Waals surface area contributed by atoms with E-state index in [1.807, 2.05) is 42.5 Å². The van der Waals surface area contributed by atoms with Crippen LogP contribution in [-0.4, -0.2) is 38.1 Å². The number of carbonyl (C=O) groups is 2. The van der Waals surface area contributed by atoms with Crippen LogP contribution in [0.5, 0.6) is 0 Å². The van der Waals surface area contributed by atoms with Gasteiger partial charge in [0.25, 0.3) is 0 Å². The zero-order valence-corrected chi connectivity index (χ0v) is 21.2. The van der Waals surface area contributed by atoms with Crippen LogP contribution in [0.4, 0.5) is 0 Å². The van der Waals surface area contributed by atoms with Crippen molar-refractivity contribution in [1.29, 1.82) is 0 Å². The van der Waals surface area contributed by atoms with Crippen LogP contribution in [0.2, 0.25) is 0 Å². The molecular formula is C26H32N2O5S. The van der Waals surface area contributed by atoms with Crippen LogP contribution >= 0.6 is 0 Å². The predicted octanol–water partition coefficient (Wildman–Crippen LogP) is 3.92. The molecule has 0 amide bonds. The first kappa shape index (κ1) is 25.6. The van der Waals surface area contributed by atoms with Crippen LogP contribution in [0, 0.1) is 0 Å². The van der Waals surface area contributed by atoms with E-state index in [9.17, 15) is 18.0 Å². The molecule has 2 aromatic carbocycles. The molecule has 2 aromatic rings. The first-order chi connectivity index (χ1) is 15.9. The Bertz CT molecular complexity index is 1280. The number of Topliss-reactive ketones (excluding diaryl/α,β-unsaturated/α-hetero) is 1. The van der Waals surface area contributed by atoms with E-state index in [2.05, 4.69) is 10.0 Å². The van der Waals surface area contributed by atoms with Gasteiger partial charge in [-0.1, -0.05) is 42.5 Å². The molecule has 0 aromatic heterocycles. The van der Waals surface area contributed by atoms with Crippen LogP contribution in [0.15, 0.2) is 65.0 Å². The Balaban J connectivity index is 2.21. The number of fused-ring (bicyclic) bond motifs is 1. The molecule has 1 aliphatic heterocycles. The zero-order valence-electron chi connectivity index (χ0n) is 20.4. The van der Waals surface area contributed by atoms with Gasteiger partial charge in [0, 0.05) is 28.9 Å². The number of carbonyl (C=O) groups excluding carboxylic acids is 2. The summed E-state index contributed by atoms with van der Waals surface area (Å²) < 4.78 is 33.2. The van der Waals surface area contributed by atoms with E-state index in [1.165, 1.54) is 0 Å². The van der Waals surface area contributed by atoms with Gasteiger partial charge < -0.3 is 10.1 Å². The van der Waals surface area contributed by atoms with Gasteiger partial charge in [-0.05, 0) is 57.9 Å². The van der Waals surface area contributed by atoms with E-state index >= 15 is 0 Å². The average molecular weight is 485 g/mol. The minimum Gasteiger partial charge on any atom is -0.460 e. The quantitative estimate of drug-likeness (QED) is 0.551. The van der Waals surface area contributed by atoms with Gasteiger partial charge in [0.05, 0.1) is 11.7 Å². The summed E-state index contributed by atoms with van der Waals surface area (Å²) >= 11 is 0. The van der Waals surface area contributed by atoms with E-state index in [0.29, 0.717) is 17.0 Å². The Morgan fingerprint density at radius 1 is 0.971 bits per heavy atom. The lowest BCUT2D eigenvalue weighted by Gasteiger charge is -2.32. The van der Waals surface area contributed by atoms with Gasteiger partial charge in [0.2, 0.25) is 10.0 Å². The van der Waals surface area contributed by atoms with Crippen molar-refractivity contribution in [3.8, 4) is 0 Å². The lowest BCUT2D eigenvalue weighted by Crippen LogP contribution is -2.38. The number of hydrogen-bond acceptors (Lipinski definition) is 6. The number of esters is 1. The van der Waals surface area contributed by atoms with Crippen LogP contribution < -0.4 is 10.0 Å². The fourth-order valence-corrected chi connectivity index (χ4v) is 5.68. The summed E-state index contributed by atoms with van der Waals surface area (Å²) in [7, 11) is -3.86. The molecule has 1 unspecified atom stereocenters. The van der Waals surface area contributed by atoms with E-state index in [4.69, 9.17) is 4.74 Å². The molecule has 0 spiro atoms. The van der Waals surface area contributed by atoms with E-state index in [1.54, 1.807) is 41.5 Å². The van der Waals surface area contributed by atoms with Crippen molar-refractivity contribution >= 4 is 32.5 Å². The number of dihydropyridines is 1. The van der Waals surface area contributed by atoms with Crippen molar-refractivity contribution in [3.05, 3.63) is 70.6 Å². The third-order valence-corrected chi connectivity index (χ3v) is 6.97. The molecule has 0 saturated heterocycles. The average Bonchev–Trinajstić information content (AvgIpc) is 2.70. The smallest absolute Gasteiger partial charge is 0.337 e. The first-order valence-electron chi connectivity index (χ1n) is 11.3. The first-order valence-corrected chi connectivity index (χ1v) is 13.0. The monoisotopic (exact) mass is 484 g/mol. The fourth-order valence-electron chi connectivity index (χ4n) is 4.38. The standard InChI is InChI=1S/C26H32N2O5S/c1-15(2)28-34(31,32)14-22(29)23-17(5)27-18(6)24(26(30)33-16(3)4)25(23)21-13-9-11-19-10-7-8-12-20(19)21/h7-13,15-16,25,27-28H,14H2,1-6H3. The van der Waals surface area contributed by atoms with Crippen molar-refractivity contribution < 1.29 is 22.7 Å². The van der Waals surface area contributed by atoms with E-state index in [0.717, 1.165) is 16.3 Å². The van der Waals surface area contributed by atoms with Crippen LogP contribution in [0.1, 0.15) is 53.0 Å². The SMILES string of the molecule is CC1=C(C(=O)CS(=O)(=O)NC(C)C)C(c2cccc3ccccc23)C(C(=O)OC(C)C)=C(C)N1. The van der Waals surface area contributed by atoms with Crippen LogP contribution in [0.3, 0.4) is 0 Å². The molecule has 1 heterocycles. The number of rotatable bonds is 8. The Morgan fingerprint density at radius 2 is 1.59 bits per heavy atom. The number of ketones is 1. The van der Waals surface area contributed by atoms with Crippen molar-refractivity contribution in [2.24, 2.45) is 0 Å². The second-order valence-corrected chi connectivity index (χ2v) is 10.9. The number of nitrogens with one attached hydrogen (secondary N) is 2. The molecule has 0 saturated carbocycles. The minimum absolute atomic E-state index is 0.242. The van der Waals surface area contributed by atoms with Crippen molar-refractivity contribution in [1.82, 2.24) is 10.0 Å². The number of sulfonamides is 1. The van der Waals surface area contributed by atoms with Crippen molar-refractivity contribution in [2.75, 3.05) is 5.75 Å². The Labute approximate surface area is 201 Å². The molecular weight excluding hydrogens is 452 g/mol. The summed E-state index contributed by atoms with van der Waals surface area (Å²) in [5, 5.41) is 4.94. The summed E-state index contributed by atoms with van der Waals surface area (Å²) in [6.45, 7) is 10.4. The highest BCUT2D eigenvalue weighted by molar-refractivity contribution is 7.90. The largest absolute Gasteiger partial charge is 0.460 e. The molecule has 1 aliphatic rings. The predicted molar refractivity (Wildman–Crippen MR) is 134 cm³/mol. The molecule has 7 nitrogen and oxygen atoms in total.